The Morgan fingerprint density at radius 2 is 1.48 bits per heavy atom. The molecule has 0 bridgehead atoms. The van der Waals surface area contributed by atoms with E-state index < -0.39 is 0 Å². The Labute approximate surface area is 377 Å². The van der Waals surface area contributed by atoms with E-state index in [2.05, 4.69) is 196 Å². The van der Waals surface area contributed by atoms with Crippen LogP contribution in [-0.2, 0) is 6.42 Å². The molecule has 8 rings (SSSR count). The Morgan fingerprint density at radius 1 is 0.774 bits per heavy atom. The van der Waals surface area contributed by atoms with Crippen molar-refractivity contribution >= 4 is 59.6 Å². The van der Waals surface area contributed by atoms with Crippen LogP contribution in [0.15, 0.2) is 189 Å². The summed E-state index contributed by atoms with van der Waals surface area (Å²) in [5.74, 6) is 0.500. The lowest BCUT2D eigenvalue weighted by molar-refractivity contribution is 0.695. The summed E-state index contributed by atoms with van der Waals surface area (Å²) >= 11 is 1.86. The number of fused-ring (bicyclic) bond motifs is 6. The van der Waals surface area contributed by atoms with E-state index in [1.165, 1.54) is 59.4 Å². The van der Waals surface area contributed by atoms with E-state index in [0.29, 0.717) is 5.92 Å². The van der Waals surface area contributed by atoms with Gasteiger partial charge in [-0.05, 0) is 125 Å². The predicted octanol–water partition coefficient (Wildman–Crippen LogP) is 18.2. The number of allylic oxidation sites excluding steroid dienone is 16. The van der Waals surface area contributed by atoms with Crippen molar-refractivity contribution < 1.29 is 0 Å². The molecule has 0 saturated carbocycles. The van der Waals surface area contributed by atoms with Crippen molar-refractivity contribution in [1.82, 2.24) is 0 Å². The Kier molecular flexibility index (Phi) is 17.1. The molecule has 2 nitrogen and oxygen atoms in total. The Balaban J connectivity index is 0.00000116. The van der Waals surface area contributed by atoms with E-state index in [1.54, 1.807) is 0 Å². The number of hydrogen-bond donors (Lipinski definition) is 0. The van der Waals surface area contributed by atoms with Crippen LogP contribution < -0.4 is 9.80 Å². The zero-order chi connectivity index (χ0) is 44.8. The Bertz CT molecular complexity index is 2660. The molecule has 1 aromatic heterocycles. The summed E-state index contributed by atoms with van der Waals surface area (Å²) in [6, 6.07) is 26.9. The third-order valence-electron chi connectivity index (χ3n) is 10.8. The van der Waals surface area contributed by atoms with Gasteiger partial charge < -0.3 is 9.80 Å². The Hall–Kier alpha value is -6.16. The van der Waals surface area contributed by atoms with E-state index in [0.717, 1.165) is 52.9 Å². The van der Waals surface area contributed by atoms with E-state index in [-0.39, 0.29) is 0 Å². The summed E-state index contributed by atoms with van der Waals surface area (Å²) in [6.07, 6.45) is 33.1. The Morgan fingerprint density at radius 3 is 2.23 bits per heavy atom. The second kappa shape index (κ2) is 22.6. The quantitative estimate of drug-likeness (QED) is 0.144. The van der Waals surface area contributed by atoms with Crippen molar-refractivity contribution in [3.8, 4) is 11.1 Å². The summed E-state index contributed by atoms with van der Waals surface area (Å²) in [5.41, 5.74) is 14.8. The standard InChI is InChI=1S/C53H48N2S.3C2H6/c1-7-16-40-24-25-41(34-47(40)39(6)33-43(17-8-2)54-30-13-11-19-37(4)45-22-9-10-23-49(45)54)42-26-29-51-48(35-42)46-27-28-50-52(53(46)56-51)38(5)20-12-14-31-55(50)44-21-15-18-36(3)32-44;3*1-2/h8-15,17-31,33-36H,4-7,16,32H2,1-3H3;3*1-2H3/b17-8-,19-11-,20-12-,30-13-,31-14-,43-33+;;;. The van der Waals surface area contributed by atoms with Gasteiger partial charge in [0.1, 0.15) is 0 Å². The molecule has 1 aliphatic carbocycles. The molecule has 318 valence electrons. The van der Waals surface area contributed by atoms with E-state index in [1.807, 2.05) is 59.0 Å². The SMILES string of the molecule is C=C(/C=C(\C=C/C)N1/C=C\C=C/C(=C)c2ccccc21)c1cc(-c2ccc3sc4c5c(ccc4c3c2)N(C2=CC=CC(C)C2)/C=C\C=C/C5=C)ccc1CCC.CC.CC.CC. The van der Waals surface area contributed by atoms with Crippen molar-refractivity contribution in [3.05, 3.63) is 211 Å². The van der Waals surface area contributed by atoms with Gasteiger partial charge >= 0.3 is 0 Å². The number of para-hydroxylation sites is 1. The minimum Gasteiger partial charge on any atom is -0.320 e. The van der Waals surface area contributed by atoms with Crippen LogP contribution in [0.5, 0.6) is 0 Å². The largest absolute Gasteiger partial charge is 0.320 e. The van der Waals surface area contributed by atoms with Gasteiger partial charge in [0.25, 0.3) is 0 Å². The fraction of sp³-hybridized carbons (Fsp3) is 0.220. The van der Waals surface area contributed by atoms with Crippen LogP contribution >= 0.6 is 11.3 Å². The molecule has 3 aliphatic rings. The van der Waals surface area contributed by atoms with E-state index >= 15 is 0 Å². The first-order valence-electron chi connectivity index (χ1n) is 22.6. The molecular weight excluding hydrogens is 769 g/mol. The molecule has 4 aromatic carbocycles. The third-order valence-corrected chi connectivity index (χ3v) is 12.0. The summed E-state index contributed by atoms with van der Waals surface area (Å²) in [5, 5.41) is 2.53. The van der Waals surface area contributed by atoms with Gasteiger partial charge in [-0.2, -0.15) is 0 Å². The number of hydrogen-bond acceptors (Lipinski definition) is 3. The topological polar surface area (TPSA) is 6.48 Å². The van der Waals surface area contributed by atoms with Gasteiger partial charge in [0, 0.05) is 55.1 Å². The van der Waals surface area contributed by atoms with Gasteiger partial charge in [-0.25, -0.2) is 0 Å². The maximum atomic E-state index is 4.70. The molecular formula is C59H66N2S. The highest BCUT2D eigenvalue weighted by Gasteiger charge is 2.23. The van der Waals surface area contributed by atoms with Gasteiger partial charge in [0.05, 0.1) is 11.4 Å². The number of aryl methyl sites for hydroxylation is 1. The first-order chi connectivity index (χ1) is 30.3. The summed E-state index contributed by atoms with van der Waals surface area (Å²) in [7, 11) is 0. The van der Waals surface area contributed by atoms with Crippen LogP contribution in [0.4, 0.5) is 11.4 Å². The van der Waals surface area contributed by atoms with Crippen molar-refractivity contribution in [3.63, 3.8) is 0 Å². The highest BCUT2D eigenvalue weighted by Crippen LogP contribution is 2.46. The number of anilines is 2. The van der Waals surface area contributed by atoms with Gasteiger partial charge in [0.15, 0.2) is 0 Å². The number of thiophene rings is 1. The molecule has 3 heterocycles. The van der Waals surface area contributed by atoms with E-state index in [9.17, 15) is 0 Å². The van der Waals surface area contributed by atoms with Crippen molar-refractivity contribution in [2.45, 2.75) is 81.6 Å². The maximum absolute atomic E-state index is 4.70. The van der Waals surface area contributed by atoms with Crippen molar-refractivity contribution in [1.29, 1.82) is 0 Å². The minimum absolute atomic E-state index is 0.500. The van der Waals surface area contributed by atoms with Crippen LogP contribution in [0.3, 0.4) is 0 Å². The molecule has 0 amide bonds. The lowest BCUT2D eigenvalue weighted by Crippen LogP contribution is -2.20. The van der Waals surface area contributed by atoms with E-state index in [4.69, 9.17) is 6.58 Å². The summed E-state index contributed by atoms with van der Waals surface area (Å²) in [4.78, 5) is 4.60. The van der Waals surface area contributed by atoms with Gasteiger partial charge in [-0.3, -0.25) is 0 Å². The molecule has 62 heavy (non-hydrogen) atoms. The first kappa shape index (κ1) is 46.9. The van der Waals surface area contributed by atoms with Crippen molar-refractivity contribution in [2.24, 2.45) is 5.92 Å². The highest BCUT2D eigenvalue weighted by atomic mass is 32.1. The molecule has 2 aliphatic heterocycles. The normalized spacial score (nSPS) is 17.7. The first-order valence-corrected chi connectivity index (χ1v) is 23.5. The molecule has 3 heteroatoms. The lowest BCUT2D eigenvalue weighted by atomic mass is 9.92. The van der Waals surface area contributed by atoms with Crippen LogP contribution in [0.25, 0.3) is 48.0 Å². The fourth-order valence-corrected chi connectivity index (χ4v) is 9.33. The fourth-order valence-electron chi connectivity index (χ4n) is 8.07. The van der Waals surface area contributed by atoms with Gasteiger partial charge in [0.2, 0.25) is 0 Å². The second-order valence-corrected chi connectivity index (χ2v) is 15.9. The molecule has 0 radical (unpaired) electrons. The molecule has 5 aromatic rings. The average Bonchev–Trinajstić information content (AvgIpc) is 3.67. The lowest BCUT2D eigenvalue weighted by Gasteiger charge is -2.30. The van der Waals surface area contributed by atoms with Gasteiger partial charge in [-0.1, -0.05) is 167 Å². The zero-order valence-corrected chi connectivity index (χ0v) is 39.5. The summed E-state index contributed by atoms with van der Waals surface area (Å²) in [6.45, 7) is 32.2. The summed E-state index contributed by atoms with van der Waals surface area (Å²) < 4.78 is 2.55. The molecule has 0 spiro atoms. The number of rotatable bonds is 8. The smallest absolute Gasteiger partial charge is 0.0545 e. The minimum atomic E-state index is 0.500. The zero-order valence-electron chi connectivity index (χ0n) is 38.6. The molecule has 1 unspecified atom stereocenters. The monoisotopic (exact) mass is 834 g/mol. The number of benzene rings is 4. The number of nitrogens with zero attached hydrogens (tertiary/aromatic N) is 2. The molecule has 1 atom stereocenters. The maximum Gasteiger partial charge on any atom is 0.0545 e. The molecule has 0 N–H and O–H groups in total. The van der Waals surface area contributed by atoms with Crippen LogP contribution in [0, 0.1) is 5.92 Å². The van der Waals surface area contributed by atoms with Crippen LogP contribution in [0.1, 0.15) is 97.4 Å². The predicted molar refractivity (Wildman–Crippen MR) is 282 cm³/mol. The molecule has 0 fully saturated rings. The third kappa shape index (κ3) is 10.1. The van der Waals surface area contributed by atoms with Crippen molar-refractivity contribution in [2.75, 3.05) is 9.80 Å². The molecule has 0 saturated heterocycles. The second-order valence-electron chi connectivity index (χ2n) is 14.8. The highest BCUT2D eigenvalue weighted by molar-refractivity contribution is 7.26. The van der Waals surface area contributed by atoms with Crippen LogP contribution in [0.2, 0.25) is 0 Å². The van der Waals surface area contributed by atoms with Gasteiger partial charge in [-0.15, -0.1) is 11.3 Å². The van der Waals surface area contributed by atoms with Crippen LogP contribution in [-0.4, -0.2) is 0 Å². The average molecular weight is 835 g/mol.